The molecule has 0 amide bonds. The lowest BCUT2D eigenvalue weighted by atomic mass is 10.1. The standard InChI is InChI=1S/C8H13F3O2/c1-6(7(2)12)3-4-13-5-8(9,10)11/h6H,3-5H2,1-2H3. The van der Waals surface area contributed by atoms with Crippen LogP contribution < -0.4 is 0 Å². The maximum absolute atomic E-state index is 11.5. The Morgan fingerprint density at radius 1 is 1.46 bits per heavy atom. The largest absolute Gasteiger partial charge is 0.411 e. The van der Waals surface area contributed by atoms with E-state index in [1.807, 2.05) is 0 Å². The van der Waals surface area contributed by atoms with E-state index < -0.39 is 12.8 Å². The van der Waals surface area contributed by atoms with Gasteiger partial charge in [0.25, 0.3) is 0 Å². The highest BCUT2D eigenvalue weighted by Crippen LogP contribution is 2.15. The molecule has 0 aliphatic carbocycles. The minimum atomic E-state index is -4.28. The number of carbonyl (C=O) groups excluding carboxylic acids is 1. The first-order valence-corrected chi connectivity index (χ1v) is 3.98. The van der Waals surface area contributed by atoms with Crippen molar-refractivity contribution in [3.8, 4) is 0 Å². The fraction of sp³-hybridized carbons (Fsp3) is 0.875. The van der Waals surface area contributed by atoms with Crippen molar-refractivity contribution in [2.45, 2.75) is 26.4 Å². The molecule has 0 aromatic heterocycles. The summed E-state index contributed by atoms with van der Waals surface area (Å²) in [5.41, 5.74) is 0. The molecule has 0 N–H and O–H groups in total. The van der Waals surface area contributed by atoms with E-state index in [0.717, 1.165) is 0 Å². The second-order valence-electron chi connectivity index (χ2n) is 2.97. The van der Waals surface area contributed by atoms with Gasteiger partial charge in [-0.1, -0.05) is 6.92 Å². The first-order valence-electron chi connectivity index (χ1n) is 3.98. The van der Waals surface area contributed by atoms with Crippen molar-refractivity contribution in [1.29, 1.82) is 0 Å². The van der Waals surface area contributed by atoms with Gasteiger partial charge in [0.2, 0.25) is 0 Å². The lowest BCUT2D eigenvalue weighted by Crippen LogP contribution is -2.19. The molecule has 0 spiro atoms. The second kappa shape index (κ2) is 5.21. The summed E-state index contributed by atoms with van der Waals surface area (Å²) in [6.07, 6.45) is -3.94. The highest BCUT2D eigenvalue weighted by molar-refractivity contribution is 5.77. The first kappa shape index (κ1) is 12.4. The highest BCUT2D eigenvalue weighted by atomic mass is 19.4. The molecule has 0 saturated heterocycles. The van der Waals surface area contributed by atoms with E-state index in [0.29, 0.717) is 6.42 Å². The van der Waals surface area contributed by atoms with Crippen molar-refractivity contribution in [1.82, 2.24) is 0 Å². The van der Waals surface area contributed by atoms with Crippen molar-refractivity contribution in [2.75, 3.05) is 13.2 Å². The number of ketones is 1. The summed E-state index contributed by atoms with van der Waals surface area (Å²) in [5.74, 6) is -0.260. The number of halogens is 3. The van der Waals surface area contributed by atoms with E-state index in [1.54, 1.807) is 6.92 Å². The summed E-state index contributed by atoms with van der Waals surface area (Å²) in [6, 6.07) is 0. The maximum atomic E-state index is 11.5. The van der Waals surface area contributed by atoms with Crippen LogP contribution in [0.5, 0.6) is 0 Å². The van der Waals surface area contributed by atoms with Gasteiger partial charge in [0.1, 0.15) is 12.4 Å². The Bertz CT molecular complexity index is 165. The van der Waals surface area contributed by atoms with Gasteiger partial charge < -0.3 is 4.74 Å². The molecule has 2 nitrogen and oxygen atoms in total. The number of Topliss-reactive ketones (excluding diaryl/α,β-unsaturated/α-hetero) is 1. The Labute approximate surface area is 75.1 Å². The SMILES string of the molecule is CC(=O)C(C)CCOCC(F)(F)F. The second-order valence-corrected chi connectivity index (χ2v) is 2.97. The molecule has 1 atom stereocenters. The highest BCUT2D eigenvalue weighted by Gasteiger charge is 2.27. The number of hydrogen-bond donors (Lipinski definition) is 0. The first-order chi connectivity index (χ1) is 5.83. The quantitative estimate of drug-likeness (QED) is 0.633. The molecular weight excluding hydrogens is 185 g/mol. The Balaban J connectivity index is 3.41. The van der Waals surface area contributed by atoms with Crippen LogP contribution in [0.1, 0.15) is 20.3 Å². The van der Waals surface area contributed by atoms with Crippen molar-refractivity contribution in [3.05, 3.63) is 0 Å². The summed E-state index contributed by atoms with van der Waals surface area (Å²) >= 11 is 0. The molecule has 0 saturated carbocycles. The Hall–Kier alpha value is -0.580. The van der Waals surface area contributed by atoms with Crippen LogP contribution in [0.25, 0.3) is 0 Å². The van der Waals surface area contributed by atoms with Gasteiger partial charge in [-0.25, -0.2) is 0 Å². The molecular formula is C8H13F3O2. The number of hydrogen-bond acceptors (Lipinski definition) is 2. The predicted octanol–water partition coefficient (Wildman–Crippen LogP) is 2.18. The van der Waals surface area contributed by atoms with Gasteiger partial charge in [0.15, 0.2) is 0 Å². The minimum absolute atomic E-state index is 0.0275. The third-order valence-electron chi connectivity index (χ3n) is 1.65. The van der Waals surface area contributed by atoms with Crippen LogP contribution in [0.15, 0.2) is 0 Å². The van der Waals surface area contributed by atoms with Crippen LogP contribution in [0.4, 0.5) is 13.2 Å². The summed E-state index contributed by atoms with van der Waals surface area (Å²) < 4.78 is 39.0. The van der Waals surface area contributed by atoms with Crippen molar-refractivity contribution >= 4 is 5.78 Å². The van der Waals surface area contributed by atoms with Gasteiger partial charge in [-0.2, -0.15) is 13.2 Å². The van der Waals surface area contributed by atoms with Gasteiger partial charge in [-0.15, -0.1) is 0 Å². The van der Waals surface area contributed by atoms with Crippen molar-refractivity contribution in [3.63, 3.8) is 0 Å². The average Bonchev–Trinajstić information content (AvgIpc) is 1.95. The van der Waals surface area contributed by atoms with E-state index in [1.165, 1.54) is 6.92 Å². The summed E-state index contributed by atoms with van der Waals surface area (Å²) in [7, 11) is 0. The van der Waals surface area contributed by atoms with Crippen molar-refractivity contribution < 1.29 is 22.7 Å². The number of rotatable bonds is 5. The van der Waals surface area contributed by atoms with E-state index in [2.05, 4.69) is 4.74 Å². The van der Waals surface area contributed by atoms with E-state index >= 15 is 0 Å². The van der Waals surface area contributed by atoms with Crippen LogP contribution in [-0.4, -0.2) is 25.2 Å². The molecule has 13 heavy (non-hydrogen) atoms. The molecule has 0 radical (unpaired) electrons. The van der Waals surface area contributed by atoms with Gasteiger partial charge in [0.05, 0.1) is 0 Å². The molecule has 0 bridgehead atoms. The molecule has 1 unspecified atom stereocenters. The zero-order valence-electron chi connectivity index (χ0n) is 7.65. The summed E-state index contributed by atoms with van der Waals surface area (Å²) in [6.45, 7) is 1.81. The molecule has 5 heteroatoms. The smallest absolute Gasteiger partial charge is 0.372 e. The number of ether oxygens (including phenoxy) is 1. The van der Waals surface area contributed by atoms with Gasteiger partial charge in [-0.3, -0.25) is 4.79 Å². The molecule has 0 heterocycles. The minimum Gasteiger partial charge on any atom is -0.372 e. The van der Waals surface area contributed by atoms with Crippen LogP contribution >= 0.6 is 0 Å². The van der Waals surface area contributed by atoms with Gasteiger partial charge in [-0.05, 0) is 13.3 Å². The van der Waals surface area contributed by atoms with Gasteiger partial charge in [0, 0.05) is 12.5 Å². The Morgan fingerprint density at radius 2 is 2.00 bits per heavy atom. The molecule has 78 valence electrons. The number of alkyl halides is 3. The molecule has 0 aliphatic heterocycles. The monoisotopic (exact) mass is 198 g/mol. The normalized spacial score (nSPS) is 14.2. The predicted molar refractivity (Wildman–Crippen MR) is 41.3 cm³/mol. The fourth-order valence-corrected chi connectivity index (χ4v) is 0.651. The average molecular weight is 198 g/mol. The molecule has 0 aromatic carbocycles. The summed E-state index contributed by atoms with van der Waals surface area (Å²) in [5, 5.41) is 0. The lowest BCUT2D eigenvalue weighted by molar-refractivity contribution is -0.174. The topological polar surface area (TPSA) is 26.3 Å². The Kier molecular flexibility index (Phi) is 4.98. The van der Waals surface area contributed by atoms with E-state index in [9.17, 15) is 18.0 Å². The van der Waals surface area contributed by atoms with E-state index in [-0.39, 0.29) is 18.3 Å². The van der Waals surface area contributed by atoms with E-state index in [4.69, 9.17) is 0 Å². The summed E-state index contributed by atoms with van der Waals surface area (Å²) in [4.78, 5) is 10.7. The van der Waals surface area contributed by atoms with Crippen LogP contribution in [-0.2, 0) is 9.53 Å². The zero-order chi connectivity index (χ0) is 10.5. The van der Waals surface area contributed by atoms with Crippen LogP contribution in [0.3, 0.4) is 0 Å². The third kappa shape index (κ3) is 7.77. The molecule has 0 aromatic rings. The van der Waals surface area contributed by atoms with Crippen molar-refractivity contribution in [2.24, 2.45) is 5.92 Å². The fourth-order valence-electron chi connectivity index (χ4n) is 0.651. The van der Waals surface area contributed by atoms with Crippen LogP contribution in [0.2, 0.25) is 0 Å². The van der Waals surface area contributed by atoms with Crippen LogP contribution in [0, 0.1) is 5.92 Å². The maximum Gasteiger partial charge on any atom is 0.411 e. The molecule has 0 fully saturated rings. The third-order valence-corrected chi connectivity index (χ3v) is 1.65. The Morgan fingerprint density at radius 3 is 2.38 bits per heavy atom. The molecule has 0 aliphatic rings. The van der Waals surface area contributed by atoms with Gasteiger partial charge >= 0.3 is 6.18 Å². The zero-order valence-corrected chi connectivity index (χ0v) is 7.65. The number of carbonyl (C=O) groups is 1. The lowest BCUT2D eigenvalue weighted by Gasteiger charge is -2.09. The molecule has 0 rings (SSSR count).